The lowest BCUT2D eigenvalue weighted by molar-refractivity contribution is 0.0647. The van der Waals surface area contributed by atoms with Crippen molar-refractivity contribution < 1.29 is 9.21 Å². The Labute approximate surface area is 130 Å². The number of H-pyrrole nitrogens is 1. The predicted octanol–water partition coefficient (Wildman–Crippen LogP) is 1.19. The van der Waals surface area contributed by atoms with Gasteiger partial charge in [-0.05, 0) is 25.0 Å². The minimum absolute atomic E-state index is 0.112. The van der Waals surface area contributed by atoms with Crippen molar-refractivity contribution in [3.05, 3.63) is 47.2 Å². The van der Waals surface area contributed by atoms with Gasteiger partial charge < -0.3 is 14.3 Å². The van der Waals surface area contributed by atoms with Crippen molar-refractivity contribution >= 4 is 17.1 Å². The Morgan fingerprint density at radius 1 is 1.43 bits per heavy atom. The molecule has 1 aliphatic rings. The van der Waals surface area contributed by atoms with Crippen LogP contribution in [0.5, 0.6) is 0 Å². The number of fused-ring (bicyclic) bond motifs is 1. The van der Waals surface area contributed by atoms with Gasteiger partial charge >= 0.3 is 5.69 Å². The van der Waals surface area contributed by atoms with Crippen molar-refractivity contribution in [1.82, 2.24) is 24.4 Å². The van der Waals surface area contributed by atoms with Crippen molar-refractivity contribution in [2.75, 3.05) is 13.1 Å². The second kappa shape index (κ2) is 5.38. The number of likely N-dealkylation sites (tertiary alicyclic amines) is 1. The van der Waals surface area contributed by atoms with Crippen LogP contribution in [-0.2, 0) is 0 Å². The summed E-state index contributed by atoms with van der Waals surface area (Å²) in [5.41, 5.74) is 0.951. The van der Waals surface area contributed by atoms with E-state index in [2.05, 4.69) is 15.0 Å². The Kier molecular flexibility index (Phi) is 3.22. The quantitative estimate of drug-likeness (QED) is 0.766. The van der Waals surface area contributed by atoms with Crippen LogP contribution in [-0.4, -0.2) is 43.4 Å². The molecular formula is C15H15N5O3. The van der Waals surface area contributed by atoms with Crippen molar-refractivity contribution in [1.29, 1.82) is 0 Å². The summed E-state index contributed by atoms with van der Waals surface area (Å²) < 4.78 is 6.81. The average molecular weight is 313 g/mol. The van der Waals surface area contributed by atoms with Crippen LogP contribution in [0.15, 0.2) is 40.1 Å². The van der Waals surface area contributed by atoms with E-state index in [1.165, 1.54) is 12.6 Å². The van der Waals surface area contributed by atoms with Crippen LogP contribution in [0, 0.1) is 0 Å². The molecule has 0 saturated carbocycles. The number of piperidine rings is 1. The van der Waals surface area contributed by atoms with Crippen LogP contribution in [0.2, 0.25) is 0 Å². The highest BCUT2D eigenvalue weighted by Gasteiger charge is 2.28. The smallest absolute Gasteiger partial charge is 0.328 e. The van der Waals surface area contributed by atoms with Crippen molar-refractivity contribution in [2.24, 2.45) is 0 Å². The number of amides is 1. The summed E-state index contributed by atoms with van der Waals surface area (Å²) in [6.45, 7) is 1.11. The number of hydrogen-bond acceptors (Lipinski definition) is 5. The van der Waals surface area contributed by atoms with Crippen molar-refractivity contribution in [3.8, 4) is 0 Å². The first-order chi connectivity index (χ1) is 11.2. The molecular weight excluding hydrogens is 298 g/mol. The molecule has 1 atom stereocenters. The standard InChI is InChI=1S/C15H15N5O3/c21-14(12-4-2-6-23-12)19-5-1-3-10(8-19)20-13-11(18-15(20)22)7-16-9-17-13/h2,4,6-7,9-10H,1,3,5,8H2,(H,18,22)/t10-/m0/s1. The molecule has 8 heteroatoms. The van der Waals surface area contributed by atoms with Crippen LogP contribution < -0.4 is 5.69 Å². The van der Waals surface area contributed by atoms with E-state index in [9.17, 15) is 9.59 Å². The first kappa shape index (κ1) is 13.7. The third-order valence-corrected chi connectivity index (χ3v) is 4.16. The average Bonchev–Trinajstić information content (AvgIpc) is 3.21. The van der Waals surface area contributed by atoms with Gasteiger partial charge in [0.25, 0.3) is 5.91 Å². The predicted molar refractivity (Wildman–Crippen MR) is 81.0 cm³/mol. The summed E-state index contributed by atoms with van der Waals surface area (Å²) >= 11 is 0. The van der Waals surface area contributed by atoms with Gasteiger partial charge in [0.15, 0.2) is 11.4 Å². The molecule has 8 nitrogen and oxygen atoms in total. The molecule has 4 heterocycles. The van der Waals surface area contributed by atoms with Gasteiger partial charge in [-0.2, -0.15) is 0 Å². The Morgan fingerprint density at radius 3 is 3.17 bits per heavy atom. The van der Waals surface area contributed by atoms with E-state index in [0.717, 1.165) is 12.8 Å². The Balaban J connectivity index is 1.65. The highest BCUT2D eigenvalue weighted by molar-refractivity contribution is 5.91. The number of furan rings is 1. The highest BCUT2D eigenvalue weighted by Crippen LogP contribution is 2.24. The monoisotopic (exact) mass is 313 g/mol. The van der Waals surface area contributed by atoms with Crippen LogP contribution in [0.25, 0.3) is 11.2 Å². The Bertz CT molecular complexity index is 895. The van der Waals surface area contributed by atoms with Gasteiger partial charge in [0.2, 0.25) is 0 Å². The van der Waals surface area contributed by atoms with Gasteiger partial charge in [-0.3, -0.25) is 9.36 Å². The van der Waals surface area contributed by atoms with Gasteiger partial charge in [0, 0.05) is 13.1 Å². The van der Waals surface area contributed by atoms with E-state index < -0.39 is 0 Å². The number of hydrogen-bond donors (Lipinski definition) is 1. The molecule has 0 bridgehead atoms. The summed E-state index contributed by atoms with van der Waals surface area (Å²) in [6, 6.07) is 3.23. The third kappa shape index (κ3) is 2.32. The number of aromatic amines is 1. The van der Waals surface area contributed by atoms with E-state index in [-0.39, 0.29) is 17.6 Å². The third-order valence-electron chi connectivity index (χ3n) is 4.16. The molecule has 0 aliphatic carbocycles. The second-order valence-corrected chi connectivity index (χ2v) is 5.58. The van der Waals surface area contributed by atoms with Crippen molar-refractivity contribution in [2.45, 2.75) is 18.9 Å². The number of carbonyl (C=O) groups excluding carboxylic acids is 1. The minimum atomic E-state index is -0.224. The van der Waals surface area contributed by atoms with Gasteiger partial charge in [-0.1, -0.05) is 0 Å². The Morgan fingerprint density at radius 2 is 2.35 bits per heavy atom. The maximum atomic E-state index is 12.4. The van der Waals surface area contributed by atoms with Crippen LogP contribution in [0.3, 0.4) is 0 Å². The van der Waals surface area contributed by atoms with Gasteiger partial charge in [-0.25, -0.2) is 14.8 Å². The first-order valence-electron chi connectivity index (χ1n) is 7.47. The number of aromatic nitrogens is 4. The van der Waals surface area contributed by atoms with E-state index >= 15 is 0 Å². The molecule has 1 amide bonds. The summed E-state index contributed by atoms with van der Waals surface area (Å²) in [6.07, 6.45) is 6.12. The molecule has 3 aromatic heterocycles. The molecule has 0 spiro atoms. The number of imidazole rings is 1. The topological polar surface area (TPSA) is 97.0 Å². The lowest BCUT2D eigenvalue weighted by atomic mass is 10.1. The fourth-order valence-electron chi connectivity index (χ4n) is 3.12. The minimum Gasteiger partial charge on any atom is -0.459 e. The van der Waals surface area contributed by atoms with E-state index in [0.29, 0.717) is 30.0 Å². The molecule has 4 rings (SSSR count). The molecule has 0 radical (unpaired) electrons. The summed E-state index contributed by atoms with van der Waals surface area (Å²) in [7, 11) is 0. The van der Waals surface area contributed by atoms with Gasteiger partial charge in [0.05, 0.1) is 18.5 Å². The summed E-state index contributed by atoms with van der Waals surface area (Å²) in [5, 5.41) is 0. The summed E-state index contributed by atoms with van der Waals surface area (Å²) in [4.78, 5) is 37.3. The molecule has 1 fully saturated rings. The van der Waals surface area contributed by atoms with Crippen LogP contribution in [0.4, 0.5) is 0 Å². The number of nitrogens with one attached hydrogen (secondary N) is 1. The zero-order chi connectivity index (χ0) is 15.8. The molecule has 1 saturated heterocycles. The SMILES string of the molecule is O=C(c1ccco1)N1CCC[C@H](n2c(=O)[nH]c3cncnc32)C1. The van der Waals surface area contributed by atoms with E-state index in [1.807, 2.05) is 0 Å². The first-order valence-corrected chi connectivity index (χ1v) is 7.47. The molecule has 118 valence electrons. The zero-order valence-corrected chi connectivity index (χ0v) is 12.3. The van der Waals surface area contributed by atoms with E-state index in [1.54, 1.807) is 27.8 Å². The van der Waals surface area contributed by atoms with Crippen LogP contribution >= 0.6 is 0 Å². The molecule has 0 unspecified atom stereocenters. The largest absolute Gasteiger partial charge is 0.459 e. The molecule has 1 aliphatic heterocycles. The highest BCUT2D eigenvalue weighted by atomic mass is 16.3. The maximum absolute atomic E-state index is 12.4. The number of carbonyl (C=O) groups is 1. The second-order valence-electron chi connectivity index (χ2n) is 5.58. The molecule has 3 aromatic rings. The van der Waals surface area contributed by atoms with Crippen LogP contribution in [0.1, 0.15) is 29.4 Å². The normalized spacial score (nSPS) is 18.4. The van der Waals surface area contributed by atoms with Gasteiger partial charge in [-0.15, -0.1) is 0 Å². The molecule has 1 N–H and O–H groups in total. The lowest BCUT2D eigenvalue weighted by Crippen LogP contribution is -2.42. The molecule has 23 heavy (non-hydrogen) atoms. The van der Waals surface area contributed by atoms with Crippen molar-refractivity contribution in [3.63, 3.8) is 0 Å². The number of nitrogens with zero attached hydrogens (tertiary/aromatic N) is 4. The van der Waals surface area contributed by atoms with Gasteiger partial charge in [0.1, 0.15) is 11.8 Å². The summed E-state index contributed by atoms with van der Waals surface area (Å²) in [5.74, 6) is 0.168. The zero-order valence-electron chi connectivity index (χ0n) is 12.3. The van der Waals surface area contributed by atoms with E-state index in [4.69, 9.17) is 4.42 Å². The fourth-order valence-corrected chi connectivity index (χ4v) is 3.12. The molecule has 0 aromatic carbocycles. The maximum Gasteiger partial charge on any atom is 0.328 e. The number of rotatable bonds is 2. The fraction of sp³-hybridized carbons (Fsp3) is 0.333. The lowest BCUT2D eigenvalue weighted by Gasteiger charge is -2.32. The Hall–Kier alpha value is -2.90.